The normalized spacial score (nSPS) is 11.8. The Bertz CT molecular complexity index is 1720. The van der Waals surface area contributed by atoms with Gasteiger partial charge >= 0.3 is 0 Å². The Kier molecular flexibility index (Phi) is 8.13. The zero-order valence-corrected chi connectivity index (χ0v) is 23.6. The van der Waals surface area contributed by atoms with E-state index in [0.29, 0.717) is 49.1 Å². The second-order valence-electron chi connectivity index (χ2n) is 9.71. The van der Waals surface area contributed by atoms with Gasteiger partial charge in [-0.1, -0.05) is 30.3 Å². The van der Waals surface area contributed by atoms with E-state index in [2.05, 4.69) is 38.6 Å². The number of hydrogen-bond acceptors (Lipinski definition) is 9. The fourth-order valence-corrected chi connectivity index (χ4v) is 5.01. The summed E-state index contributed by atoms with van der Waals surface area (Å²) in [6, 6.07) is 20.0. The van der Waals surface area contributed by atoms with E-state index in [1.807, 2.05) is 65.3 Å². The van der Waals surface area contributed by atoms with E-state index in [0.717, 1.165) is 22.0 Å². The van der Waals surface area contributed by atoms with Crippen molar-refractivity contribution in [1.29, 1.82) is 0 Å². The van der Waals surface area contributed by atoms with E-state index in [1.165, 1.54) is 18.1 Å². The Morgan fingerprint density at radius 2 is 1.82 bits per heavy atom. The van der Waals surface area contributed by atoms with Crippen molar-refractivity contribution in [2.24, 2.45) is 0 Å². The molecule has 1 N–H and O–H groups in total. The first-order valence-corrected chi connectivity index (χ1v) is 14.9. The summed E-state index contributed by atoms with van der Waals surface area (Å²) in [6.45, 7) is 2.06. The molecule has 0 aliphatic carbocycles. The minimum Gasteiger partial charge on any atom is -0.493 e. The molecule has 0 aliphatic heterocycles. The van der Waals surface area contributed by atoms with Gasteiger partial charge in [0.05, 0.1) is 36.6 Å². The maximum absolute atomic E-state index is 11.4. The number of sulfone groups is 1. The van der Waals surface area contributed by atoms with Crippen LogP contribution in [0.3, 0.4) is 0 Å². The number of rotatable bonds is 12. The minimum absolute atomic E-state index is 0.106. The molecule has 10 nitrogen and oxygen atoms in total. The van der Waals surface area contributed by atoms with Crippen LogP contribution in [0.15, 0.2) is 73.2 Å². The van der Waals surface area contributed by atoms with Crippen molar-refractivity contribution in [3.05, 3.63) is 78.8 Å². The molecular weight excluding hydrogens is 528 g/mol. The van der Waals surface area contributed by atoms with Gasteiger partial charge < -0.3 is 19.7 Å². The Balaban J connectivity index is 1.33. The van der Waals surface area contributed by atoms with Gasteiger partial charge in [-0.05, 0) is 36.9 Å². The first kappa shape index (κ1) is 27.4. The third kappa shape index (κ3) is 6.67. The van der Waals surface area contributed by atoms with Crippen molar-refractivity contribution in [2.45, 2.75) is 6.54 Å². The molecule has 0 aliphatic rings. The molecule has 0 atom stereocenters. The zero-order valence-electron chi connectivity index (χ0n) is 22.7. The number of nitrogens with one attached hydrogen (secondary N) is 1. The molecule has 11 heteroatoms. The highest BCUT2D eigenvalue weighted by atomic mass is 32.2. The Morgan fingerprint density at radius 1 is 1.00 bits per heavy atom. The first-order chi connectivity index (χ1) is 19.3. The highest BCUT2D eigenvalue weighted by Gasteiger charge is 2.14. The van der Waals surface area contributed by atoms with E-state index in [4.69, 9.17) is 9.47 Å². The molecule has 5 aromatic rings. The van der Waals surface area contributed by atoms with Crippen LogP contribution >= 0.6 is 0 Å². The standard InChI is InChI=1S/C29H32N6O4S/c1-34(12-14-40(3,36)37)11-13-39-28-16-24-25(17-27(28)38-2)30-20-31-29(24)33-23-9-10-26-22(15-23)18-32-35(26)19-21-7-5-4-6-8-21/h4-10,15-18,20H,11-14,19H2,1-3H3,(H,30,31,33). The van der Waals surface area contributed by atoms with E-state index in [-0.39, 0.29) is 5.75 Å². The van der Waals surface area contributed by atoms with Gasteiger partial charge in [-0.2, -0.15) is 5.10 Å². The molecule has 208 valence electrons. The lowest BCUT2D eigenvalue weighted by molar-refractivity contribution is 0.236. The summed E-state index contributed by atoms with van der Waals surface area (Å²) in [5.74, 6) is 1.86. The van der Waals surface area contributed by atoms with Crippen molar-refractivity contribution in [2.75, 3.05) is 51.2 Å². The molecule has 0 radical (unpaired) electrons. The molecule has 0 saturated heterocycles. The van der Waals surface area contributed by atoms with Crippen LogP contribution in [0.2, 0.25) is 0 Å². The Labute approximate surface area is 233 Å². The molecule has 5 rings (SSSR count). The van der Waals surface area contributed by atoms with E-state index >= 15 is 0 Å². The molecule has 0 fully saturated rings. The van der Waals surface area contributed by atoms with Crippen LogP contribution in [0.25, 0.3) is 21.8 Å². The van der Waals surface area contributed by atoms with Gasteiger partial charge in [0.25, 0.3) is 0 Å². The number of likely N-dealkylation sites (N-methyl/N-ethyl adjacent to an activating group) is 1. The number of benzene rings is 3. The van der Waals surface area contributed by atoms with Crippen LogP contribution in [-0.2, 0) is 16.4 Å². The van der Waals surface area contributed by atoms with Crippen molar-refractivity contribution < 1.29 is 17.9 Å². The van der Waals surface area contributed by atoms with Crippen LogP contribution in [0.1, 0.15) is 5.56 Å². The summed E-state index contributed by atoms with van der Waals surface area (Å²) in [6.07, 6.45) is 4.62. The van der Waals surface area contributed by atoms with Crippen molar-refractivity contribution in [3.8, 4) is 11.5 Å². The lowest BCUT2D eigenvalue weighted by Crippen LogP contribution is -2.29. The summed E-state index contributed by atoms with van der Waals surface area (Å²) in [5.41, 5.74) is 3.82. The number of ether oxygens (including phenoxy) is 2. The molecule has 2 aromatic heterocycles. The molecule has 40 heavy (non-hydrogen) atoms. The smallest absolute Gasteiger partial charge is 0.162 e. The van der Waals surface area contributed by atoms with Crippen molar-refractivity contribution >= 4 is 43.1 Å². The molecule has 2 heterocycles. The molecule has 0 bridgehead atoms. The average Bonchev–Trinajstić information content (AvgIpc) is 3.33. The zero-order chi connectivity index (χ0) is 28.1. The molecule has 0 unspecified atom stereocenters. The molecule has 0 saturated carbocycles. The van der Waals surface area contributed by atoms with Gasteiger partial charge in [0.15, 0.2) is 11.5 Å². The lowest BCUT2D eigenvalue weighted by atomic mass is 10.2. The van der Waals surface area contributed by atoms with Gasteiger partial charge in [0.1, 0.15) is 28.6 Å². The quantitative estimate of drug-likeness (QED) is 0.241. The van der Waals surface area contributed by atoms with Crippen LogP contribution in [0.4, 0.5) is 11.5 Å². The third-order valence-electron chi connectivity index (χ3n) is 6.57. The first-order valence-electron chi connectivity index (χ1n) is 12.9. The van der Waals surface area contributed by atoms with Crippen LogP contribution in [-0.4, -0.2) is 78.9 Å². The predicted octanol–water partition coefficient (Wildman–Crippen LogP) is 4.14. The fourth-order valence-electron chi connectivity index (χ4n) is 4.36. The van der Waals surface area contributed by atoms with Crippen molar-refractivity contribution in [3.63, 3.8) is 0 Å². The summed E-state index contributed by atoms with van der Waals surface area (Å²) < 4.78 is 36.5. The lowest BCUT2D eigenvalue weighted by Gasteiger charge is -2.18. The Morgan fingerprint density at radius 3 is 2.60 bits per heavy atom. The van der Waals surface area contributed by atoms with E-state index in [1.54, 1.807) is 7.11 Å². The maximum atomic E-state index is 11.4. The highest BCUT2D eigenvalue weighted by molar-refractivity contribution is 7.90. The highest BCUT2D eigenvalue weighted by Crippen LogP contribution is 2.35. The topological polar surface area (TPSA) is 111 Å². The average molecular weight is 561 g/mol. The second-order valence-corrected chi connectivity index (χ2v) is 12.0. The van der Waals surface area contributed by atoms with Crippen LogP contribution in [0.5, 0.6) is 11.5 Å². The van der Waals surface area contributed by atoms with Gasteiger partial charge in [-0.3, -0.25) is 4.68 Å². The molecule has 0 amide bonds. The number of hydrogen-bond donors (Lipinski definition) is 1. The number of fused-ring (bicyclic) bond motifs is 2. The van der Waals surface area contributed by atoms with Gasteiger partial charge in [0.2, 0.25) is 0 Å². The summed E-state index contributed by atoms with van der Waals surface area (Å²) in [7, 11) is 0.434. The number of methoxy groups -OCH3 is 1. The summed E-state index contributed by atoms with van der Waals surface area (Å²) in [4.78, 5) is 10.8. The van der Waals surface area contributed by atoms with E-state index in [9.17, 15) is 8.42 Å². The summed E-state index contributed by atoms with van der Waals surface area (Å²) in [5, 5.41) is 9.80. The van der Waals surface area contributed by atoms with Gasteiger partial charge in [-0.25, -0.2) is 18.4 Å². The largest absolute Gasteiger partial charge is 0.493 e. The summed E-state index contributed by atoms with van der Waals surface area (Å²) >= 11 is 0. The molecular formula is C29H32N6O4S. The molecule has 3 aromatic carbocycles. The predicted molar refractivity (Wildman–Crippen MR) is 157 cm³/mol. The number of nitrogens with zero attached hydrogens (tertiary/aromatic N) is 5. The van der Waals surface area contributed by atoms with Crippen LogP contribution in [0, 0.1) is 0 Å². The minimum atomic E-state index is -3.01. The number of aromatic nitrogens is 4. The van der Waals surface area contributed by atoms with Crippen LogP contribution < -0.4 is 14.8 Å². The third-order valence-corrected chi connectivity index (χ3v) is 7.50. The Hall–Kier alpha value is -4.22. The monoisotopic (exact) mass is 560 g/mol. The van der Waals surface area contributed by atoms with Gasteiger partial charge in [-0.15, -0.1) is 0 Å². The van der Waals surface area contributed by atoms with Crippen molar-refractivity contribution in [1.82, 2.24) is 24.6 Å². The number of anilines is 2. The maximum Gasteiger partial charge on any atom is 0.162 e. The molecule has 0 spiro atoms. The van der Waals surface area contributed by atoms with E-state index < -0.39 is 9.84 Å². The fraction of sp³-hybridized carbons (Fsp3) is 0.276. The second kappa shape index (κ2) is 11.9. The SMILES string of the molecule is COc1cc2ncnc(Nc3ccc4c(cnn4Cc4ccccc4)c3)c2cc1OCCN(C)CCS(C)(=O)=O. The van der Waals surface area contributed by atoms with Gasteiger partial charge in [0, 0.05) is 41.9 Å².